The van der Waals surface area contributed by atoms with E-state index in [9.17, 15) is 21.9 Å². The number of imidazole rings is 4. The lowest BCUT2D eigenvalue weighted by molar-refractivity contribution is 0.272. The highest BCUT2D eigenvalue weighted by Gasteiger charge is 2.19. The number of rotatable bonds is 20. The number of pyridine rings is 4. The first-order valence-corrected chi connectivity index (χ1v) is 33.1. The number of aromatic amines is 4. The summed E-state index contributed by atoms with van der Waals surface area (Å²) >= 11 is 0. The Bertz CT molecular complexity index is 4260. The Morgan fingerprint density at radius 2 is 0.888 bits per heavy atom. The van der Waals surface area contributed by atoms with Crippen LogP contribution in [-0.4, -0.2) is 102 Å². The maximum Gasteiger partial charge on any atom is 0.197 e. The van der Waals surface area contributed by atoms with E-state index >= 15 is 0 Å². The van der Waals surface area contributed by atoms with Crippen LogP contribution in [-0.2, 0) is 72.8 Å². The molecule has 12 rings (SSSR count). The molecule has 0 spiro atoms. The minimum atomic E-state index is -1.39. The Morgan fingerprint density at radius 1 is 0.461 bits per heavy atom. The number of aromatic nitrogens is 12. The number of nitrogens with zero attached hydrogens (tertiary/aromatic N) is 8. The van der Waals surface area contributed by atoms with Crippen molar-refractivity contribution in [1.82, 2.24) is 59.8 Å². The number of para-hydroxylation sites is 6. The highest BCUT2D eigenvalue weighted by molar-refractivity contribution is 7.84. The van der Waals surface area contributed by atoms with Gasteiger partial charge in [0.1, 0.15) is 17.2 Å². The number of benzene rings is 4. The molecule has 20 nitrogen and oxygen atoms in total. The summed E-state index contributed by atoms with van der Waals surface area (Å²) in [6.45, 7) is 11.0. The van der Waals surface area contributed by atoms with E-state index in [2.05, 4.69) is 66.7 Å². The number of methoxy groups -OCH3 is 1. The fraction of sp³-hybridized carbons (Fsp3) is 0.262. The van der Waals surface area contributed by atoms with Gasteiger partial charge in [-0.3, -0.25) is 36.8 Å². The first-order chi connectivity index (χ1) is 42.3. The Hall–Kier alpha value is -8.68. The topological polar surface area (TPSA) is 282 Å². The first-order valence-electron chi connectivity index (χ1n) is 27.8. The molecule has 0 fully saturated rings. The Labute approximate surface area is 527 Å². The van der Waals surface area contributed by atoms with Crippen molar-refractivity contribution in [2.75, 3.05) is 20.3 Å². The van der Waals surface area contributed by atoms with E-state index in [1.807, 2.05) is 149 Å². The highest BCUT2D eigenvalue weighted by Crippen LogP contribution is 2.27. The lowest BCUT2D eigenvalue weighted by Gasteiger charge is -2.11. The summed E-state index contributed by atoms with van der Waals surface area (Å²) in [5.41, 5.74) is 13.2. The second-order valence-corrected chi connectivity index (χ2v) is 25.0. The molecule has 0 aliphatic heterocycles. The zero-order valence-corrected chi connectivity index (χ0v) is 52.1. The molecule has 0 radical (unpaired) electrons. The molecule has 4 unspecified atom stereocenters. The number of aryl methyl sites for hydroxylation is 1. The number of nitrogens with one attached hydrogen (secondary N) is 4. The molecule has 466 valence electrons. The lowest BCUT2D eigenvalue weighted by Crippen LogP contribution is -2.06. The number of fused-ring (bicyclic) bond motifs is 4. The molecule has 89 heavy (non-hydrogen) atoms. The Kier molecular flexibility index (Phi) is 25.2. The molecule has 24 heteroatoms. The third kappa shape index (κ3) is 17.8. The van der Waals surface area contributed by atoms with E-state index in [-0.39, 0.29) is 27.2 Å². The predicted molar refractivity (Wildman–Crippen MR) is 353 cm³/mol. The van der Waals surface area contributed by atoms with Gasteiger partial charge < -0.3 is 39.3 Å². The molecule has 0 bridgehead atoms. The van der Waals surface area contributed by atoms with Gasteiger partial charge in [0.15, 0.2) is 20.6 Å². The number of aliphatic hydroxyl groups is 1. The van der Waals surface area contributed by atoms with Crippen LogP contribution >= 0.6 is 0 Å². The summed E-state index contributed by atoms with van der Waals surface area (Å²) in [6, 6.07) is 39.7. The molecule has 8 heterocycles. The van der Waals surface area contributed by atoms with Crippen LogP contribution in [0.25, 0.3) is 44.1 Å². The van der Waals surface area contributed by atoms with Crippen LogP contribution in [0.4, 0.5) is 0 Å². The molecular formula is C65H74N12O8S4. The van der Waals surface area contributed by atoms with E-state index < -0.39 is 43.2 Å². The average molecular weight is 1280 g/mol. The molecule has 0 aliphatic carbocycles. The number of hydrogen-bond acceptors (Lipinski definition) is 16. The fourth-order valence-corrected chi connectivity index (χ4v) is 13.0. The number of hydrogen-bond donors (Lipinski definition) is 5. The standard InChI is InChI=1S/C18H21N3O2S.C16H17N3O3S.C16H17N3O2S.C13H11N3OS.2CH4/c1-3-4-11-23-17-9-10-19-16(13(17)2)12-24(22)18-20-14-7-5-6-8-15(14)21-18;1-10-3-4-12-13(7-10)19-16(18-12)23(21)9-14-11(8-20)15(22-2)5-6-17-14;1-3-21-15-8-9-17-14(11(15)2)10-22(20)16-18-12-6-4-5-7-13(12)19-16;17-18(9-10-5-3-4-8-14-10)13-15-11-6-1-2-7-12(11)16-13;;/h5-10H,3-4,11-12H2,1-2H3,(H,20,21);3-7,20H,8-9H2,1-2H3,(H,18,19);4-9H,3,10H2,1-2H3,(H,18,19);1-8H,9H2,(H,15,16);2*1H4. The van der Waals surface area contributed by atoms with Crippen molar-refractivity contribution in [3.63, 3.8) is 0 Å². The van der Waals surface area contributed by atoms with Crippen LogP contribution in [0.15, 0.2) is 173 Å². The third-order valence-corrected chi connectivity index (χ3v) is 18.1. The molecule has 5 N–H and O–H groups in total. The zero-order valence-electron chi connectivity index (χ0n) is 48.8. The SMILES string of the molecule is C.C.CCCCOc1ccnc(CS(=O)c2nc3ccccc3[nH]2)c1C.CCOc1ccnc(CS(=O)c2nc3ccccc3[nH]2)c1C.COc1ccnc(CS(=O)c2nc3ccc(C)cc3[nH]2)c1CO.O=S(Cc1ccccn1)c1nc2ccccc2[nH]1. The van der Waals surface area contributed by atoms with Crippen molar-refractivity contribution >= 4 is 87.3 Å². The summed E-state index contributed by atoms with van der Waals surface area (Å²) in [7, 11) is -3.62. The molecule has 0 aliphatic rings. The van der Waals surface area contributed by atoms with Gasteiger partial charge in [0.25, 0.3) is 0 Å². The van der Waals surface area contributed by atoms with Crippen molar-refractivity contribution in [2.24, 2.45) is 0 Å². The third-order valence-electron chi connectivity index (χ3n) is 13.4. The Balaban J connectivity index is 0.000000168. The van der Waals surface area contributed by atoms with Crippen LogP contribution in [0.3, 0.4) is 0 Å². The molecule has 0 saturated heterocycles. The van der Waals surface area contributed by atoms with Gasteiger partial charge in [-0.1, -0.05) is 76.7 Å². The van der Waals surface area contributed by atoms with Crippen molar-refractivity contribution < 1.29 is 36.2 Å². The van der Waals surface area contributed by atoms with Crippen LogP contribution in [0.5, 0.6) is 17.2 Å². The van der Waals surface area contributed by atoms with Crippen LogP contribution in [0.2, 0.25) is 0 Å². The Morgan fingerprint density at radius 3 is 1.34 bits per heavy atom. The quantitative estimate of drug-likeness (QED) is 0.0443. The number of H-pyrrole nitrogens is 4. The van der Waals surface area contributed by atoms with E-state index in [4.69, 9.17) is 14.2 Å². The molecule has 12 aromatic rings. The second-order valence-electron chi connectivity index (χ2n) is 19.5. The zero-order chi connectivity index (χ0) is 61.2. The summed E-state index contributed by atoms with van der Waals surface area (Å²) in [6.07, 6.45) is 8.77. The van der Waals surface area contributed by atoms with E-state index in [0.717, 1.165) is 102 Å². The van der Waals surface area contributed by atoms with Crippen molar-refractivity contribution in [1.29, 1.82) is 0 Å². The smallest absolute Gasteiger partial charge is 0.197 e. The minimum Gasteiger partial charge on any atom is -0.496 e. The largest absolute Gasteiger partial charge is 0.496 e. The van der Waals surface area contributed by atoms with Crippen molar-refractivity contribution in [3.05, 3.63) is 197 Å². The number of unbranched alkanes of at least 4 members (excludes halogenated alkanes) is 1. The summed E-state index contributed by atoms with van der Waals surface area (Å²) in [4.78, 5) is 47.0. The second kappa shape index (κ2) is 33.1. The maximum absolute atomic E-state index is 12.6. The van der Waals surface area contributed by atoms with E-state index in [1.165, 1.54) is 7.11 Å². The average Bonchev–Trinajstić information content (AvgIpc) is 2.63. The first kappa shape index (κ1) is 67.8. The normalized spacial score (nSPS) is 12.2. The molecule has 4 atom stereocenters. The van der Waals surface area contributed by atoms with E-state index in [0.29, 0.717) is 68.1 Å². The van der Waals surface area contributed by atoms with Gasteiger partial charge in [-0.2, -0.15) is 0 Å². The number of ether oxygens (including phenoxy) is 3. The minimum absolute atomic E-state index is 0. The van der Waals surface area contributed by atoms with Gasteiger partial charge in [0.2, 0.25) is 0 Å². The summed E-state index contributed by atoms with van der Waals surface area (Å²) in [5, 5.41) is 11.4. The molecule has 4 aromatic carbocycles. The number of aliphatic hydroxyl groups excluding tert-OH is 1. The maximum atomic E-state index is 12.6. The van der Waals surface area contributed by atoms with Gasteiger partial charge >= 0.3 is 0 Å². The summed E-state index contributed by atoms with van der Waals surface area (Å²) in [5.74, 6) is 3.30. The summed E-state index contributed by atoms with van der Waals surface area (Å²) < 4.78 is 66.5. The highest BCUT2D eigenvalue weighted by atomic mass is 32.2. The fourth-order valence-electron chi connectivity index (χ4n) is 8.79. The molecule has 0 saturated carbocycles. The van der Waals surface area contributed by atoms with Crippen LogP contribution in [0.1, 0.15) is 86.6 Å². The van der Waals surface area contributed by atoms with Crippen molar-refractivity contribution in [3.8, 4) is 17.2 Å². The van der Waals surface area contributed by atoms with E-state index in [1.54, 1.807) is 30.9 Å². The van der Waals surface area contributed by atoms with Gasteiger partial charge in [0, 0.05) is 41.5 Å². The molecular weight excluding hydrogens is 1210 g/mol. The van der Waals surface area contributed by atoms with Gasteiger partial charge in [0.05, 0.1) is 160 Å². The molecule has 8 aromatic heterocycles. The lowest BCUT2D eigenvalue weighted by atomic mass is 10.2. The van der Waals surface area contributed by atoms with Crippen LogP contribution < -0.4 is 14.2 Å². The molecule has 0 amide bonds. The van der Waals surface area contributed by atoms with Gasteiger partial charge in [-0.15, -0.1) is 0 Å². The van der Waals surface area contributed by atoms with Gasteiger partial charge in [-0.05, 0) is 119 Å². The van der Waals surface area contributed by atoms with Crippen LogP contribution in [0, 0.1) is 20.8 Å². The predicted octanol–water partition coefficient (Wildman–Crippen LogP) is 12.3. The monoisotopic (exact) mass is 1280 g/mol. The van der Waals surface area contributed by atoms with Gasteiger partial charge in [-0.25, -0.2) is 19.9 Å². The van der Waals surface area contributed by atoms with Crippen molar-refractivity contribution in [2.45, 2.75) is 113 Å².